The predicted octanol–water partition coefficient (Wildman–Crippen LogP) is 3.34. The van der Waals surface area contributed by atoms with Gasteiger partial charge >= 0.3 is 0 Å². The van der Waals surface area contributed by atoms with Crippen molar-refractivity contribution in [1.82, 2.24) is 19.4 Å². The van der Waals surface area contributed by atoms with E-state index in [1.807, 2.05) is 59.8 Å². The quantitative estimate of drug-likeness (QED) is 0.563. The molecule has 4 rings (SSSR count). The van der Waals surface area contributed by atoms with Gasteiger partial charge in [-0.15, -0.1) is 0 Å². The van der Waals surface area contributed by atoms with Gasteiger partial charge in [-0.1, -0.05) is 42.5 Å². The second-order valence-electron chi connectivity index (χ2n) is 7.88. The van der Waals surface area contributed by atoms with Gasteiger partial charge in [-0.05, 0) is 24.1 Å². The maximum atomic E-state index is 12.6. The van der Waals surface area contributed by atoms with Gasteiger partial charge in [-0.25, -0.2) is 4.98 Å². The number of rotatable bonds is 8. The molecule has 0 spiro atoms. The third kappa shape index (κ3) is 5.52. The molecule has 0 aliphatic carbocycles. The summed E-state index contributed by atoms with van der Waals surface area (Å²) >= 11 is 0. The number of amides is 1. The number of imidazole rings is 1. The summed E-state index contributed by atoms with van der Waals surface area (Å²) in [5, 5.41) is 0. The van der Waals surface area contributed by atoms with Crippen LogP contribution in [0.1, 0.15) is 12.0 Å². The summed E-state index contributed by atoms with van der Waals surface area (Å²) in [6.45, 7) is 5.31. The lowest BCUT2D eigenvalue weighted by Crippen LogP contribution is -2.49. The summed E-state index contributed by atoms with van der Waals surface area (Å²) in [6.07, 6.45) is 5.23. The minimum Gasteiger partial charge on any atom is -0.497 e. The number of aromatic nitrogens is 2. The van der Waals surface area contributed by atoms with Gasteiger partial charge in [-0.2, -0.15) is 0 Å². The number of carbonyl (C=O) groups is 1. The molecule has 1 amide bonds. The first-order valence-electron chi connectivity index (χ1n) is 10.9. The van der Waals surface area contributed by atoms with Crippen LogP contribution in [0.4, 0.5) is 0 Å². The standard InChI is InChI=1S/C25H30N4O2/c1-31-23-10-7-21(8-11-23)9-12-24(30)28-18-15-27(16-19-28)17-20-29-14-13-26-25(29)22-5-3-2-4-6-22/h2-8,10-11,13-14H,9,12,15-20H2,1H3. The topological polar surface area (TPSA) is 50.6 Å². The predicted molar refractivity (Wildman–Crippen MR) is 122 cm³/mol. The molecule has 0 atom stereocenters. The van der Waals surface area contributed by atoms with Gasteiger partial charge in [0.1, 0.15) is 11.6 Å². The summed E-state index contributed by atoms with van der Waals surface area (Å²) in [5.74, 6) is 2.10. The first kappa shape index (κ1) is 21.1. The Labute approximate surface area is 184 Å². The smallest absolute Gasteiger partial charge is 0.222 e. The van der Waals surface area contributed by atoms with Crippen molar-refractivity contribution in [1.29, 1.82) is 0 Å². The largest absolute Gasteiger partial charge is 0.497 e. The fourth-order valence-electron chi connectivity index (χ4n) is 4.01. The fraction of sp³-hybridized carbons (Fsp3) is 0.360. The zero-order valence-corrected chi connectivity index (χ0v) is 18.1. The average molecular weight is 419 g/mol. The molecule has 162 valence electrons. The minimum atomic E-state index is 0.247. The highest BCUT2D eigenvalue weighted by Gasteiger charge is 2.21. The molecule has 1 aromatic heterocycles. The minimum absolute atomic E-state index is 0.247. The van der Waals surface area contributed by atoms with E-state index in [4.69, 9.17) is 4.74 Å². The van der Waals surface area contributed by atoms with Gasteiger partial charge in [0.05, 0.1) is 7.11 Å². The molecule has 3 aromatic rings. The number of methoxy groups -OCH3 is 1. The second-order valence-corrected chi connectivity index (χ2v) is 7.88. The van der Waals surface area contributed by atoms with E-state index in [2.05, 4.69) is 26.6 Å². The number of aryl methyl sites for hydroxylation is 1. The SMILES string of the molecule is COc1ccc(CCC(=O)N2CCN(CCn3ccnc3-c3ccccc3)CC2)cc1. The molecule has 0 unspecified atom stereocenters. The molecule has 0 saturated carbocycles. The zero-order valence-electron chi connectivity index (χ0n) is 18.1. The monoisotopic (exact) mass is 418 g/mol. The van der Waals surface area contributed by atoms with Crippen LogP contribution in [-0.2, 0) is 17.8 Å². The Morgan fingerprint density at radius 2 is 1.71 bits per heavy atom. The third-order valence-corrected chi connectivity index (χ3v) is 5.92. The number of ether oxygens (including phenoxy) is 1. The fourth-order valence-corrected chi connectivity index (χ4v) is 4.01. The number of hydrogen-bond donors (Lipinski definition) is 0. The summed E-state index contributed by atoms with van der Waals surface area (Å²) in [6, 6.07) is 18.2. The van der Waals surface area contributed by atoms with Crippen molar-refractivity contribution in [2.75, 3.05) is 39.8 Å². The van der Waals surface area contributed by atoms with E-state index < -0.39 is 0 Å². The second kappa shape index (κ2) is 10.3. The molecule has 2 aromatic carbocycles. The van der Waals surface area contributed by atoms with Gasteiger partial charge in [0.2, 0.25) is 5.91 Å². The van der Waals surface area contributed by atoms with Crippen LogP contribution < -0.4 is 4.74 Å². The molecule has 1 saturated heterocycles. The summed E-state index contributed by atoms with van der Waals surface area (Å²) in [5.41, 5.74) is 2.31. The van der Waals surface area contributed by atoms with Crippen LogP contribution >= 0.6 is 0 Å². The van der Waals surface area contributed by atoms with Crippen LogP contribution in [0, 0.1) is 0 Å². The maximum absolute atomic E-state index is 12.6. The van der Waals surface area contributed by atoms with Crippen molar-refractivity contribution in [2.45, 2.75) is 19.4 Å². The number of piperazine rings is 1. The highest BCUT2D eigenvalue weighted by atomic mass is 16.5. The number of benzene rings is 2. The van der Waals surface area contributed by atoms with Crippen molar-refractivity contribution >= 4 is 5.91 Å². The van der Waals surface area contributed by atoms with Crippen molar-refractivity contribution < 1.29 is 9.53 Å². The first-order chi connectivity index (χ1) is 15.2. The number of hydrogen-bond acceptors (Lipinski definition) is 4. The lowest BCUT2D eigenvalue weighted by atomic mass is 10.1. The number of carbonyl (C=O) groups excluding carboxylic acids is 1. The lowest BCUT2D eigenvalue weighted by Gasteiger charge is -2.35. The summed E-state index contributed by atoms with van der Waals surface area (Å²) in [7, 11) is 1.66. The van der Waals surface area contributed by atoms with E-state index in [0.717, 1.165) is 62.8 Å². The average Bonchev–Trinajstić information content (AvgIpc) is 3.31. The van der Waals surface area contributed by atoms with Crippen LogP contribution in [-0.4, -0.2) is 65.1 Å². The molecular weight excluding hydrogens is 388 g/mol. The highest BCUT2D eigenvalue weighted by Crippen LogP contribution is 2.17. The van der Waals surface area contributed by atoms with Crippen LogP contribution in [0.2, 0.25) is 0 Å². The van der Waals surface area contributed by atoms with Crippen molar-refractivity contribution in [3.8, 4) is 17.1 Å². The first-order valence-corrected chi connectivity index (χ1v) is 10.9. The Morgan fingerprint density at radius 3 is 2.42 bits per heavy atom. The van der Waals surface area contributed by atoms with Crippen molar-refractivity contribution in [3.63, 3.8) is 0 Å². The van der Waals surface area contributed by atoms with Gasteiger partial charge in [-0.3, -0.25) is 9.69 Å². The molecule has 1 aliphatic rings. The molecule has 1 aliphatic heterocycles. The van der Waals surface area contributed by atoms with E-state index in [1.54, 1.807) is 7.11 Å². The molecule has 0 bridgehead atoms. The molecule has 6 nitrogen and oxygen atoms in total. The van der Waals surface area contributed by atoms with Gasteiger partial charge in [0.25, 0.3) is 0 Å². The van der Waals surface area contributed by atoms with E-state index in [-0.39, 0.29) is 5.91 Å². The molecule has 31 heavy (non-hydrogen) atoms. The van der Waals surface area contributed by atoms with E-state index in [0.29, 0.717) is 6.42 Å². The van der Waals surface area contributed by atoms with E-state index in [9.17, 15) is 4.79 Å². The Kier molecular flexibility index (Phi) is 6.99. The van der Waals surface area contributed by atoms with Gasteiger partial charge in [0.15, 0.2) is 0 Å². The molecule has 6 heteroatoms. The summed E-state index contributed by atoms with van der Waals surface area (Å²) < 4.78 is 7.40. The lowest BCUT2D eigenvalue weighted by molar-refractivity contribution is -0.132. The Balaban J connectivity index is 1.21. The molecule has 0 radical (unpaired) electrons. The van der Waals surface area contributed by atoms with Crippen LogP contribution in [0.3, 0.4) is 0 Å². The maximum Gasteiger partial charge on any atom is 0.222 e. The Bertz CT molecular complexity index is 961. The van der Waals surface area contributed by atoms with Gasteiger partial charge in [0, 0.05) is 63.6 Å². The zero-order chi connectivity index (χ0) is 21.5. The Hall–Kier alpha value is -3.12. The van der Waals surface area contributed by atoms with Crippen LogP contribution in [0.25, 0.3) is 11.4 Å². The molecule has 1 fully saturated rings. The van der Waals surface area contributed by atoms with Crippen molar-refractivity contribution in [3.05, 3.63) is 72.6 Å². The van der Waals surface area contributed by atoms with Gasteiger partial charge < -0.3 is 14.2 Å². The van der Waals surface area contributed by atoms with E-state index in [1.165, 1.54) is 5.56 Å². The number of nitrogens with zero attached hydrogens (tertiary/aromatic N) is 4. The normalized spacial score (nSPS) is 14.5. The van der Waals surface area contributed by atoms with Crippen LogP contribution in [0.15, 0.2) is 67.0 Å². The molecule has 2 heterocycles. The van der Waals surface area contributed by atoms with Crippen molar-refractivity contribution in [2.24, 2.45) is 0 Å². The van der Waals surface area contributed by atoms with E-state index >= 15 is 0 Å². The summed E-state index contributed by atoms with van der Waals surface area (Å²) in [4.78, 5) is 21.6. The molecule has 0 N–H and O–H groups in total. The highest BCUT2D eigenvalue weighted by molar-refractivity contribution is 5.76. The Morgan fingerprint density at radius 1 is 0.968 bits per heavy atom. The third-order valence-electron chi connectivity index (χ3n) is 5.92. The molecular formula is C25H30N4O2. The van der Waals surface area contributed by atoms with Crippen LogP contribution in [0.5, 0.6) is 5.75 Å².